The first-order valence-corrected chi connectivity index (χ1v) is 28.0. The number of nitrogens with zero attached hydrogens (tertiary/aromatic N) is 6. The minimum atomic E-state index is -1.34. The van der Waals surface area contributed by atoms with Gasteiger partial charge in [0, 0.05) is 47.8 Å². The molecule has 1 fully saturated rings. The van der Waals surface area contributed by atoms with Gasteiger partial charge in [-0.2, -0.15) is 5.10 Å². The Balaban J connectivity index is 1.24. The van der Waals surface area contributed by atoms with Crippen molar-refractivity contribution in [2.75, 3.05) is 26.3 Å². The zero-order valence-corrected chi connectivity index (χ0v) is 37.2. The number of hydrogen-bond donors (Lipinski definition) is 1. The summed E-state index contributed by atoms with van der Waals surface area (Å²) >= 11 is 0. The van der Waals surface area contributed by atoms with E-state index in [4.69, 9.17) is 24.3 Å². The van der Waals surface area contributed by atoms with Crippen LogP contribution in [0.15, 0.2) is 60.7 Å². The summed E-state index contributed by atoms with van der Waals surface area (Å²) in [7, 11) is -2.66. The van der Waals surface area contributed by atoms with Gasteiger partial charge < -0.3 is 33.7 Å². The van der Waals surface area contributed by atoms with Crippen LogP contribution in [0.2, 0.25) is 51.4 Å². The van der Waals surface area contributed by atoms with E-state index in [1.807, 2.05) is 53.2 Å². The molecule has 1 N–H and O–H groups in total. The van der Waals surface area contributed by atoms with Crippen LogP contribution >= 0.6 is 0 Å². The molecule has 3 aromatic carbocycles. The van der Waals surface area contributed by atoms with Crippen LogP contribution in [0.1, 0.15) is 35.9 Å². The molecular weight excluding hydrogens is 768 g/mol. The fourth-order valence-corrected chi connectivity index (χ4v) is 9.01. The number of rotatable bonds is 16. The van der Waals surface area contributed by atoms with E-state index in [2.05, 4.69) is 56.8 Å². The first-order chi connectivity index (χ1) is 27.7. The van der Waals surface area contributed by atoms with Crippen molar-refractivity contribution in [3.05, 3.63) is 89.0 Å². The number of likely N-dealkylation sites (tertiary alicyclic amines) is 1. The zero-order valence-electron chi connectivity index (χ0n) is 35.2. The summed E-state index contributed by atoms with van der Waals surface area (Å²) in [5.74, 6) is 0.505. The van der Waals surface area contributed by atoms with Crippen molar-refractivity contribution in [2.45, 2.75) is 110 Å². The number of carbonyl (C=O) groups excluding carboxylic acids is 1. The minimum Gasteiger partial charge on any atom is -0.486 e. The van der Waals surface area contributed by atoms with Crippen molar-refractivity contribution in [1.29, 1.82) is 0 Å². The van der Waals surface area contributed by atoms with E-state index in [1.165, 1.54) is 0 Å². The molecule has 0 saturated carbocycles. The highest BCUT2D eigenvalue weighted by Gasteiger charge is 2.36. The van der Waals surface area contributed by atoms with Gasteiger partial charge in [-0.05, 0) is 71.4 Å². The second-order valence-corrected chi connectivity index (χ2v) is 29.4. The molecule has 0 radical (unpaired) electrons. The maximum Gasteiger partial charge on any atom is 0.320 e. The summed E-state index contributed by atoms with van der Waals surface area (Å²) in [6.07, 6.45) is 0.800. The molecule has 11 nitrogen and oxygen atoms in total. The van der Waals surface area contributed by atoms with Crippen molar-refractivity contribution < 1.29 is 28.5 Å². The molecule has 14 heteroatoms. The van der Waals surface area contributed by atoms with Gasteiger partial charge in [0.15, 0.2) is 17.4 Å². The van der Waals surface area contributed by atoms with E-state index in [-0.39, 0.29) is 31.8 Å². The average Bonchev–Trinajstić information content (AvgIpc) is 3.96. The number of halogens is 1. The Morgan fingerprint density at radius 2 is 1.64 bits per heavy atom. The van der Waals surface area contributed by atoms with Crippen LogP contribution in [0.25, 0.3) is 33.5 Å². The van der Waals surface area contributed by atoms with Crippen molar-refractivity contribution in [3.63, 3.8) is 0 Å². The van der Waals surface area contributed by atoms with Gasteiger partial charge in [-0.3, -0.25) is 0 Å². The molecule has 58 heavy (non-hydrogen) atoms. The number of aliphatic hydroxyl groups is 1. The number of amides is 2. The monoisotopic (exact) mass is 826 g/mol. The number of benzene rings is 3. The molecule has 0 unspecified atom stereocenters. The maximum absolute atomic E-state index is 15.8. The second-order valence-electron chi connectivity index (χ2n) is 18.1. The van der Waals surface area contributed by atoms with Crippen LogP contribution in [0.4, 0.5) is 9.18 Å². The lowest BCUT2D eigenvalue weighted by Gasteiger charge is -2.24. The summed E-state index contributed by atoms with van der Waals surface area (Å²) in [6.45, 7) is 19.8. The minimum absolute atomic E-state index is 0.0845. The van der Waals surface area contributed by atoms with Crippen LogP contribution in [-0.4, -0.2) is 88.8 Å². The van der Waals surface area contributed by atoms with E-state index in [0.717, 1.165) is 56.6 Å². The largest absolute Gasteiger partial charge is 0.486 e. The summed E-state index contributed by atoms with van der Waals surface area (Å²) in [5.41, 5.74) is 6.93. The maximum atomic E-state index is 15.8. The molecule has 310 valence electrons. The predicted octanol–water partition coefficient (Wildman–Crippen LogP) is 8.97. The standard InChI is InChI=1S/C44H59FN6O5Si2/c1-8-32-23-41(56-28-31-12-10-9-11-13-31)37(45)24-36(32)33-14-15-35-39(22-33)51(30-55-19-21-58(5,6)7)47-42(35)43-46-38-26-49(44(53)48-17-16-34(52)25-48)27-40(38)50(43)29-54-18-20-57(2,3)4/h9-15,22-24,34,52H,8,16-21,25-30H2,1-7H3/t34-/m0/s1. The number of aromatic nitrogens is 4. The Morgan fingerprint density at radius 3 is 2.31 bits per heavy atom. The quantitative estimate of drug-likeness (QED) is 0.0782. The van der Waals surface area contributed by atoms with Gasteiger partial charge in [-0.25, -0.2) is 18.9 Å². The molecule has 1 saturated heterocycles. The first kappa shape index (κ1) is 41.8. The van der Waals surface area contributed by atoms with Crippen LogP contribution in [0.3, 0.4) is 0 Å². The van der Waals surface area contributed by atoms with Crippen LogP contribution < -0.4 is 4.74 Å². The zero-order chi connectivity index (χ0) is 41.2. The molecule has 2 amide bonds. The topological polar surface area (TPSA) is 107 Å². The number of imidazole rings is 1. The Labute approximate surface area is 343 Å². The third kappa shape index (κ3) is 9.74. The molecule has 5 aromatic rings. The van der Waals surface area contributed by atoms with Crippen LogP contribution in [-0.2, 0) is 49.1 Å². The second kappa shape index (κ2) is 17.5. The van der Waals surface area contributed by atoms with Gasteiger partial charge in [-0.15, -0.1) is 0 Å². The highest BCUT2D eigenvalue weighted by Crippen LogP contribution is 2.37. The fraction of sp³-hybridized carbons (Fsp3) is 0.477. The predicted molar refractivity (Wildman–Crippen MR) is 232 cm³/mol. The van der Waals surface area contributed by atoms with Crippen molar-refractivity contribution in [1.82, 2.24) is 29.1 Å². The molecule has 0 bridgehead atoms. The van der Waals surface area contributed by atoms with E-state index in [9.17, 15) is 9.90 Å². The molecular formula is C44H59FN6O5Si2. The SMILES string of the molecule is CCc1cc(OCc2ccccc2)c(F)cc1-c1ccc2c(-c3nc4c(n3COCC[Si](C)(C)C)CN(C(=O)N3CC[C@H](O)C3)C4)nn(COCC[Si](C)(C)C)c2c1. The molecule has 7 rings (SSSR count). The van der Waals surface area contributed by atoms with E-state index in [0.29, 0.717) is 63.8 Å². The molecule has 0 aliphatic carbocycles. The van der Waals surface area contributed by atoms with E-state index >= 15 is 4.39 Å². The number of ether oxygens (including phenoxy) is 3. The van der Waals surface area contributed by atoms with Crippen LogP contribution in [0, 0.1) is 5.82 Å². The molecule has 1 atom stereocenters. The van der Waals surface area contributed by atoms with Gasteiger partial charge in [-0.1, -0.05) is 82.6 Å². The number of β-amino-alcohol motifs (C(OH)–C–C–N with tert-alkyl or cyclic N) is 1. The smallest absolute Gasteiger partial charge is 0.320 e. The number of hydrogen-bond acceptors (Lipinski definition) is 7. The Bertz CT molecular complexity index is 2230. The van der Waals surface area contributed by atoms with Crippen molar-refractivity contribution in [3.8, 4) is 28.4 Å². The van der Waals surface area contributed by atoms with Gasteiger partial charge in [0.25, 0.3) is 0 Å². The molecule has 2 aliphatic rings. The van der Waals surface area contributed by atoms with Crippen LogP contribution in [0.5, 0.6) is 5.75 Å². The van der Waals surface area contributed by atoms with E-state index in [1.54, 1.807) is 15.9 Å². The summed E-state index contributed by atoms with van der Waals surface area (Å²) in [5, 5.41) is 16.2. The molecule has 4 heterocycles. The Kier molecular flexibility index (Phi) is 12.6. The molecule has 2 aliphatic heterocycles. The molecule has 2 aromatic heterocycles. The lowest BCUT2D eigenvalue weighted by Crippen LogP contribution is -2.39. The summed E-state index contributed by atoms with van der Waals surface area (Å²) < 4.78 is 38.3. The number of carbonyl (C=O) groups is 1. The fourth-order valence-electron chi connectivity index (χ4n) is 7.50. The van der Waals surface area contributed by atoms with Gasteiger partial charge in [0.1, 0.15) is 25.8 Å². The Hall–Kier alpha value is -4.35. The highest BCUT2D eigenvalue weighted by atomic mass is 28.3. The summed E-state index contributed by atoms with van der Waals surface area (Å²) in [6, 6.07) is 21.3. The third-order valence-electron chi connectivity index (χ3n) is 11.0. The van der Waals surface area contributed by atoms with Crippen molar-refractivity contribution in [2.24, 2.45) is 0 Å². The lowest BCUT2D eigenvalue weighted by molar-refractivity contribution is 0.0814. The number of aryl methyl sites for hydroxylation is 1. The highest BCUT2D eigenvalue weighted by molar-refractivity contribution is 6.76. The van der Waals surface area contributed by atoms with E-state index < -0.39 is 28.1 Å². The Morgan fingerprint density at radius 1 is 0.914 bits per heavy atom. The van der Waals surface area contributed by atoms with Gasteiger partial charge >= 0.3 is 6.03 Å². The summed E-state index contributed by atoms with van der Waals surface area (Å²) in [4.78, 5) is 22.2. The normalized spacial score (nSPS) is 15.8. The average molecular weight is 827 g/mol. The number of fused-ring (bicyclic) bond motifs is 2. The van der Waals surface area contributed by atoms with Crippen molar-refractivity contribution >= 4 is 33.1 Å². The van der Waals surface area contributed by atoms with Gasteiger partial charge in [0.05, 0.1) is 36.1 Å². The lowest BCUT2D eigenvalue weighted by atomic mass is 9.96. The molecule has 0 spiro atoms. The number of aliphatic hydroxyl groups excluding tert-OH is 1. The first-order valence-electron chi connectivity index (χ1n) is 20.6. The third-order valence-corrected chi connectivity index (χ3v) is 14.4. The van der Waals surface area contributed by atoms with Gasteiger partial charge in [0.2, 0.25) is 0 Å². The number of urea groups is 1.